The molecular weight excluding hydrogens is 298 g/mol. The first-order valence-corrected chi connectivity index (χ1v) is 7.38. The molecule has 4 nitrogen and oxygen atoms in total. The number of nitriles is 1. The molecule has 0 aliphatic rings. The van der Waals surface area contributed by atoms with Crippen molar-refractivity contribution in [3.05, 3.63) is 70.1 Å². The van der Waals surface area contributed by atoms with Gasteiger partial charge in [0, 0.05) is 17.6 Å². The zero-order valence-corrected chi connectivity index (χ0v) is 13.4. The quantitative estimate of drug-likeness (QED) is 0.626. The Bertz CT molecular complexity index is 659. The van der Waals surface area contributed by atoms with Crippen LogP contribution in [-0.4, -0.2) is 30.3 Å². The van der Waals surface area contributed by atoms with Crippen LogP contribution < -0.4 is 0 Å². The number of quaternary nitrogens is 1. The summed E-state index contributed by atoms with van der Waals surface area (Å²) in [7, 11) is 3.14. The van der Waals surface area contributed by atoms with E-state index in [1.54, 1.807) is 38.5 Å². The lowest BCUT2D eigenvalue weighted by Gasteiger charge is -2.37. The summed E-state index contributed by atoms with van der Waals surface area (Å²) in [5, 5.41) is 22.5. The van der Waals surface area contributed by atoms with Gasteiger partial charge in [-0.25, -0.2) is 0 Å². The second kappa shape index (κ2) is 6.45. The van der Waals surface area contributed by atoms with E-state index < -0.39 is 10.1 Å². The molecule has 2 rings (SSSR count). The van der Waals surface area contributed by atoms with Gasteiger partial charge in [-0.1, -0.05) is 29.8 Å². The van der Waals surface area contributed by atoms with Crippen molar-refractivity contribution in [2.45, 2.75) is 11.8 Å². The standard InChI is InChI=1S/C17H18ClN3O/c1-21(2,22)12-10-17(13-19,16-5-3-4-11-20-16)14-6-8-15(18)9-7-14/h3-9,11H,10,12H2,1-2H3. The molecule has 1 aromatic heterocycles. The van der Waals surface area contributed by atoms with Gasteiger partial charge in [-0.05, 0) is 29.8 Å². The van der Waals surface area contributed by atoms with Crippen molar-refractivity contribution < 1.29 is 4.65 Å². The highest BCUT2D eigenvalue weighted by molar-refractivity contribution is 6.30. The Labute approximate surface area is 135 Å². The molecule has 1 heterocycles. The number of aromatic nitrogens is 1. The summed E-state index contributed by atoms with van der Waals surface area (Å²) in [5.41, 5.74) is 0.492. The molecule has 1 unspecified atom stereocenters. The molecule has 1 atom stereocenters. The normalized spacial score (nSPS) is 14.1. The maximum atomic E-state index is 12.0. The molecule has 1 aromatic carbocycles. The SMILES string of the molecule is C[N+](C)([O-])CCC(C#N)(c1ccc(Cl)cc1)c1ccccn1. The minimum atomic E-state index is -0.953. The second-order valence-electron chi connectivity index (χ2n) is 5.79. The van der Waals surface area contributed by atoms with Crippen LogP contribution in [0.2, 0.25) is 5.02 Å². The van der Waals surface area contributed by atoms with Crippen LogP contribution in [0.15, 0.2) is 48.7 Å². The number of hydrogen-bond donors (Lipinski definition) is 0. The minimum Gasteiger partial charge on any atom is -0.633 e. The molecule has 0 aliphatic carbocycles. The lowest BCUT2D eigenvalue weighted by atomic mass is 9.75. The Hall–Kier alpha value is -1.93. The number of hydroxylamine groups is 3. The summed E-state index contributed by atoms with van der Waals surface area (Å²) >= 11 is 5.95. The third-order valence-corrected chi connectivity index (χ3v) is 3.91. The monoisotopic (exact) mass is 315 g/mol. The highest BCUT2D eigenvalue weighted by Crippen LogP contribution is 2.35. The zero-order valence-electron chi connectivity index (χ0n) is 12.7. The first-order chi connectivity index (χ1) is 10.4. The van der Waals surface area contributed by atoms with E-state index in [1.165, 1.54) is 0 Å². The smallest absolute Gasteiger partial charge is 0.129 e. The Morgan fingerprint density at radius 2 is 1.91 bits per heavy atom. The molecule has 0 bridgehead atoms. The molecule has 0 N–H and O–H groups in total. The van der Waals surface area contributed by atoms with E-state index in [2.05, 4.69) is 11.1 Å². The fraction of sp³-hybridized carbons (Fsp3) is 0.294. The molecule has 0 saturated carbocycles. The summed E-state index contributed by atoms with van der Waals surface area (Å²) in [6.45, 7) is 0.312. The number of nitrogens with zero attached hydrogens (tertiary/aromatic N) is 3. The van der Waals surface area contributed by atoms with Crippen LogP contribution in [0.25, 0.3) is 0 Å². The van der Waals surface area contributed by atoms with Crippen LogP contribution in [0.4, 0.5) is 0 Å². The fourth-order valence-electron chi connectivity index (χ4n) is 2.38. The van der Waals surface area contributed by atoms with Crippen molar-refractivity contribution >= 4 is 11.6 Å². The molecular formula is C17H18ClN3O. The van der Waals surface area contributed by atoms with Gasteiger partial charge in [0.1, 0.15) is 5.41 Å². The largest absolute Gasteiger partial charge is 0.633 e. The van der Waals surface area contributed by atoms with Crippen molar-refractivity contribution in [1.29, 1.82) is 5.26 Å². The van der Waals surface area contributed by atoms with Crippen molar-refractivity contribution in [2.24, 2.45) is 0 Å². The van der Waals surface area contributed by atoms with Crippen LogP contribution in [-0.2, 0) is 5.41 Å². The maximum absolute atomic E-state index is 12.0. The molecule has 0 radical (unpaired) electrons. The Kier molecular flexibility index (Phi) is 4.82. The third kappa shape index (κ3) is 3.63. The first kappa shape index (κ1) is 16.4. The number of rotatable bonds is 5. The summed E-state index contributed by atoms with van der Waals surface area (Å²) in [6, 6.07) is 15.0. The van der Waals surface area contributed by atoms with Crippen molar-refractivity contribution in [3.8, 4) is 6.07 Å². The number of hydrogen-bond acceptors (Lipinski definition) is 3. The van der Waals surface area contributed by atoms with Gasteiger partial charge < -0.3 is 9.85 Å². The van der Waals surface area contributed by atoms with Gasteiger partial charge in [0.05, 0.1) is 32.4 Å². The summed E-state index contributed by atoms with van der Waals surface area (Å²) in [5.74, 6) is 0. The summed E-state index contributed by atoms with van der Waals surface area (Å²) < 4.78 is -0.455. The lowest BCUT2D eigenvalue weighted by Crippen LogP contribution is -2.39. The average Bonchev–Trinajstić information content (AvgIpc) is 2.50. The predicted octanol–water partition coefficient (Wildman–Crippen LogP) is 3.51. The fourth-order valence-corrected chi connectivity index (χ4v) is 2.51. The van der Waals surface area contributed by atoms with Crippen molar-refractivity contribution in [3.63, 3.8) is 0 Å². The van der Waals surface area contributed by atoms with Crippen LogP contribution in [0.3, 0.4) is 0 Å². The van der Waals surface area contributed by atoms with Gasteiger partial charge in [0.2, 0.25) is 0 Å². The second-order valence-corrected chi connectivity index (χ2v) is 6.22. The van der Waals surface area contributed by atoms with E-state index in [4.69, 9.17) is 11.6 Å². The molecule has 2 aromatic rings. The van der Waals surface area contributed by atoms with E-state index in [1.807, 2.05) is 24.3 Å². The summed E-state index contributed by atoms with van der Waals surface area (Å²) in [6.07, 6.45) is 2.05. The molecule has 114 valence electrons. The third-order valence-electron chi connectivity index (χ3n) is 3.66. The van der Waals surface area contributed by atoms with E-state index >= 15 is 0 Å². The number of pyridine rings is 1. The van der Waals surface area contributed by atoms with Gasteiger partial charge in [0.15, 0.2) is 0 Å². The van der Waals surface area contributed by atoms with Gasteiger partial charge in [-0.2, -0.15) is 5.26 Å². The first-order valence-electron chi connectivity index (χ1n) is 7.00. The molecule has 22 heavy (non-hydrogen) atoms. The van der Waals surface area contributed by atoms with Crippen molar-refractivity contribution in [1.82, 2.24) is 4.98 Å². The Morgan fingerprint density at radius 3 is 2.41 bits per heavy atom. The molecule has 0 amide bonds. The lowest BCUT2D eigenvalue weighted by molar-refractivity contribution is -0.840. The molecule has 0 saturated heterocycles. The minimum absolute atomic E-state index is 0.312. The van der Waals surface area contributed by atoms with Crippen molar-refractivity contribution in [2.75, 3.05) is 20.6 Å². The maximum Gasteiger partial charge on any atom is 0.129 e. The molecule has 5 heteroatoms. The van der Waals surface area contributed by atoms with Crippen LogP contribution in [0.1, 0.15) is 17.7 Å². The van der Waals surface area contributed by atoms with Gasteiger partial charge in [0.25, 0.3) is 0 Å². The highest BCUT2D eigenvalue weighted by atomic mass is 35.5. The number of benzene rings is 1. The van der Waals surface area contributed by atoms with Crippen LogP contribution >= 0.6 is 11.6 Å². The highest BCUT2D eigenvalue weighted by Gasteiger charge is 2.37. The molecule has 0 spiro atoms. The average molecular weight is 316 g/mol. The summed E-state index contributed by atoms with van der Waals surface area (Å²) in [4.78, 5) is 4.36. The van der Waals surface area contributed by atoms with E-state index in [9.17, 15) is 10.5 Å². The van der Waals surface area contributed by atoms with E-state index in [0.29, 0.717) is 23.7 Å². The van der Waals surface area contributed by atoms with Crippen LogP contribution in [0.5, 0.6) is 0 Å². The predicted molar refractivity (Wildman–Crippen MR) is 87.0 cm³/mol. The van der Waals surface area contributed by atoms with E-state index in [0.717, 1.165) is 5.56 Å². The number of halogens is 1. The van der Waals surface area contributed by atoms with Gasteiger partial charge in [-0.3, -0.25) is 4.98 Å². The van der Waals surface area contributed by atoms with E-state index in [-0.39, 0.29) is 0 Å². The molecule has 0 fully saturated rings. The Balaban J connectivity index is 2.52. The van der Waals surface area contributed by atoms with Gasteiger partial charge in [-0.15, -0.1) is 0 Å². The topological polar surface area (TPSA) is 59.7 Å². The Morgan fingerprint density at radius 1 is 1.23 bits per heavy atom. The zero-order chi connectivity index (χ0) is 16.2. The molecule has 0 aliphatic heterocycles. The van der Waals surface area contributed by atoms with Gasteiger partial charge >= 0.3 is 0 Å². The van der Waals surface area contributed by atoms with Crippen LogP contribution in [0, 0.1) is 16.5 Å².